The maximum atomic E-state index is 13.1. The number of hydrazone groups is 1. The predicted molar refractivity (Wildman–Crippen MR) is 43.8 cm³/mol. The fraction of sp³-hybridized carbons (Fsp3) is 0.125. The largest absolute Gasteiger partial charge is 0.421 e. The van der Waals surface area contributed by atoms with Gasteiger partial charge in [0.2, 0.25) is 11.0 Å². The van der Waals surface area contributed by atoms with Crippen LogP contribution in [0.25, 0.3) is 0 Å². The molecule has 0 atom stereocenters. The van der Waals surface area contributed by atoms with E-state index in [1.54, 1.807) is 7.05 Å². The van der Waals surface area contributed by atoms with E-state index in [0.717, 1.165) is 10.8 Å². The van der Waals surface area contributed by atoms with Gasteiger partial charge in [-0.05, 0) is 6.07 Å². The van der Waals surface area contributed by atoms with Crippen LogP contribution >= 0.6 is 0 Å². The molecule has 14 heavy (non-hydrogen) atoms. The van der Waals surface area contributed by atoms with E-state index >= 15 is 0 Å². The van der Waals surface area contributed by atoms with Crippen LogP contribution in [-0.2, 0) is 0 Å². The molecule has 0 saturated heterocycles. The van der Waals surface area contributed by atoms with Crippen LogP contribution in [0.4, 0.5) is 14.5 Å². The van der Waals surface area contributed by atoms with Gasteiger partial charge in [0.05, 0.1) is 0 Å². The Bertz CT molecular complexity index is 486. The fourth-order valence-electron chi connectivity index (χ4n) is 1.01. The third-order valence-electron chi connectivity index (χ3n) is 1.62. The number of pyridine rings is 1. The second-order valence-corrected chi connectivity index (χ2v) is 2.70. The summed E-state index contributed by atoms with van der Waals surface area (Å²) < 4.78 is 28.2. The monoisotopic (exact) mass is 196 g/mol. The first-order valence-electron chi connectivity index (χ1n) is 3.82. The van der Waals surface area contributed by atoms with Crippen molar-refractivity contribution in [1.29, 1.82) is 0 Å². The highest BCUT2D eigenvalue weighted by Gasteiger charge is 2.25. The van der Waals surface area contributed by atoms with Gasteiger partial charge in [-0.3, -0.25) is 0 Å². The van der Waals surface area contributed by atoms with Gasteiger partial charge in [0.25, 0.3) is 11.6 Å². The van der Waals surface area contributed by atoms with Gasteiger partial charge in [-0.25, -0.2) is 0 Å². The molecule has 0 radical (unpaired) electrons. The minimum atomic E-state index is -0.912. The standard InChI is InChI=1S/C8H6F2N4/c1-13-4-11-14(5-13)6-2-3-7(9)12-8(6)10/h2-4H,1H3/q+2. The Morgan fingerprint density at radius 1 is 1.36 bits per heavy atom. The van der Waals surface area contributed by atoms with Crippen molar-refractivity contribution in [2.24, 2.45) is 5.10 Å². The van der Waals surface area contributed by atoms with Gasteiger partial charge in [-0.15, -0.1) is 4.58 Å². The molecule has 1 aromatic rings. The van der Waals surface area contributed by atoms with Crippen LogP contribution in [0.2, 0.25) is 0 Å². The van der Waals surface area contributed by atoms with Crippen LogP contribution in [0.5, 0.6) is 0 Å². The smallest absolute Gasteiger partial charge is 0.186 e. The zero-order valence-electron chi connectivity index (χ0n) is 7.28. The molecule has 2 heterocycles. The molecular weight excluding hydrogens is 190 g/mol. The van der Waals surface area contributed by atoms with E-state index in [1.807, 2.05) is 0 Å². The lowest BCUT2D eigenvalue weighted by atomic mass is 10.4. The SMILES string of the molecule is C[N+]1=C=[N+](c2ccc(F)nc2F)N=C1. The first kappa shape index (κ1) is 8.65. The van der Waals surface area contributed by atoms with Crippen molar-refractivity contribution in [1.82, 2.24) is 4.98 Å². The first-order chi connectivity index (χ1) is 6.66. The van der Waals surface area contributed by atoms with E-state index in [1.165, 1.54) is 17.0 Å². The van der Waals surface area contributed by atoms with Crippen molar-refractivity contribution >= 4 is 18.0 Å². The average molecular weight is 196 g/mol. The zero-order chi connectivity index (χ0) is 10.1. The average Bonchev–Trinajstić information content (AvgIpc) is 2.51. The maximum absolute atomic E-state index is 13.1. The molecule has 1 aliphatic rings. The Morgan fingerprint density at radius 3 is 2.71 bits per heavy atom. The van der Waals surface area contributed by atoms with E-state index in [9.17, 15) is 8.78 Å². The van der Waals surface area contributed by atoms with Gasteiger partial charge < -0.3 is 0 Å². The number of nitrogens with zero attached hydrogens (tertiary/aromatic N) is 4. The van der Waals surface area contributed by atoms with Crippen molar-refractivity contribution in [3.05, 3.63) is 24.0 Å². The van der Waals surface area contributed by atoms with Gasteiger partial charge in [-0.2, -0.15) is 13.8 Å². The lowest BCUT2D eigenvalue weighted by Crippen LogP contribution is -1.99. The molecule has 0 aliphatic carbocycles. The van der Waals surface area contributed by atoms with Gasteiger partial charge >= 0.3 is 12.3 Å². The molecule has 6 heteroatoms. The summed E-state index contributed by atoms with van der Waals surface area (Å²) in [6, 6.07) is 4.99. The third-order valence-corrected chi connectivity index (χ3v) is 1.62. The summed E-state index contributed by atoms with van der Waals surface area (Å²) in [5.74, 6) is -1.77. The van der Waals surface area contributed by atoms with Crippen molar-refractivity contribution in [2.45, 2.75) is 0 Å². The molecule has 1 aromatic heterocycles. The van der Waals surface area contributed by atoms with Crippen molar-refractivity contribution < 1.29 is 18.0 Å². The molecule has 0 N–H and O–H groups in total. The number of hydrogen-bond donors (Lipinski definition) is 0. The number of rotatable bonds is 1. The molecule has 0 aromatic carbocycles. The molecule has 1 aliphatic heterocycles. The summed E-state index contributed by atoms with van der Waals surface area (Å²) in [6.07, 6.45) is 1.45. The summed E-state index contributed by atoms with van der Waals surface area (Å²) in [7, 11) is 1.69. The highest BCUT2D eigenvalue weighted by molar-refractivity contribution is 5.53. The lowest BCUT2D eigenvalue weighted by molar-refractivity contribution is -0.451. The molecule has 0 bridgehead atoms. The summed E-state index contributed by atoms with van der Waals surface area (Å²) in [6.45, 7) is 0. The quantitative estimate of drug-likeness (QED) is 0.482. The molecular formula is C8H6F2N4+2. The summed E-state index contributed by atoms with van der Waals surface area (Å²) in [5, 5.41) is 3.80. The van der Waals surface area contributed by atoms with Crippen LogP contribution in [-0.4, -0.2) is 33.6 Å². The van der Waals surface area contributed by atoms with Crippen LogP contribution in [0.3, 0.4) is 0 Å². The number of halogens is 2. The molecule has 0 amide bonds. The van der Waals surface area contributed by atoms with Gasteiger partial charge in [-0.1, -0.05) is 0 Å². The Balaban J connectivity index is 2.54. The molecule has 0 saturated carbocycles. The van der Waals surface area contributed by atoms with E-state index in [-0.39, 0.29) is 5.69 Å². The van der Waals surface area contributed by atoms with E-state index in [4.69, 9.17) is 0 Å². The molecule has 0 fully saturated rings. The second-order valence-electron chi connectivity index (χ2n) is 2.70. The normalized spacial score (nSPS) is 14.2. The summed E-state index contributed by atoms with van der Waals surface area (Å²) in [5.41, 5.74) is 0.0620. The Morgan fingerprint density at radius 2 is 2.14 bits per heavy atom. The van der Waals surface area contributed by atoms with E-state index in [2.05, 4.69) is 16.1 Å². The van der Waals surface area contributed by atoms with Crippen molar-refractivity contribution in [2.75, 3.05) is 7.05 Å². The van der Waals surface area contributed by atoms with Gasteiger partial charge in [0, 0.05) is 6.07 Å². The number of aromatic nitrogens is 1. The highest BCUT2D eigenvalue weighted by atomic mass is 19.1. The van der Waals surface area contributed by atoms with Crippen molar-refractivity contribution in [3.8, 4) is 0 Å². The Labute approximate surface area is 78.1 Å². The Hall–Kier alpha value is -1.94. The van der Waals surface area contributed by atoms with Crippen molar-refractivity contribution in [3.63, 3.8) is 0 Å². The van der Waals surface area contributed by atoms with Crippen LogP contribution in [0.15, 0.2) is 17.2 Å². The van der Waals surface area contributed by atoms with Gasteiger partial charge in [0.1, 0.15) is 11.7 Å². The number of hydrogen-bond acceptors (Lipinski definition) is 2. The van der Waals surface area contributed by atoms with Crippen LogP contribution in [0.1, 0.15) is 0 Å². The fourth-order valence-corrected chi connectivity index (χ4v) is 1.01. The molecule has 4 nitrogen and oxygen atoms in total. The molecule has 2 rings (SSSR count). The first-order valence-corrected chi connectivity index (χ1v) is 3.82. The van der Waals surface area contributed by atoms with E-state index < -0.39 is 11.9 Å². The second kappa shape index (κ2) is 3.08. The molecule has 0 unspecified atom stereocenters. The summed E-state index contributed by atoms with van der Waals surface area (Å²) >= 11 is 0. The Kier molecular flexibility index (Phi) is 1.90. The third kappa shape index (κ3) is 1.43. The van der Waals surface area contributed by atoms with Crippen LogP contribution < -0.4 is 0 Å². The minimum Gasteiger partial charge on any atom is -0.186 e. The van der Waals surface area contributed by atoms with Gasteiger partial charge in [0.15, 0.2) is 0 Å². The highest BCUT2D eigenvalue weighted by Crippen LogP contribution is 2.15. The van der Waals surface area contributed by atoms with Crippen LogP contribution in [0, 0.1) is 11.9 Å². The molecule has 0 spiro atoms. The predicted octanol–water partition coefficient (Wildman–Crippen LogP) is 0.777. The zero-order valence-corrected chi connectivity index (χ0v) is 7.28. The minimum absolute atomic E-state index is 0.0620. The molecule has 70 valence electrons. The topological polar surface area (TPSA) is 31.3 Å². The van der Waals surface area contributed by atoms with E-state index in [0.29, 0.717) is 0 Å². The maximum Gasteiger partial charge on any atom is 0.421 e. The lowest BCUT2D eigenvalue weighted by Gasteiger charge is -1.88. The summed E-state index contributed by atoms with van der Waals surface area (Å²) in [4.78, 5) is 3.04.